The molecule has 0 bridgehead atoms. The summed E-state index contributed by atoms with van der Waals surface area (Å²) in [6.07, 6.45) is 1.20. The van der Waals surface area contributed by atoms with E-state index in [1.54, 1.807) is 0 Å². The summed E-state index contributed by atoms with van der Waals surface area (Å²) in [6.45, 7) is 5.44. The molecule has 0 amide bonds. The number of carbonyl (C=O) groups is 1. The second-order valence-electron chi connectivity index (χ2n) is 5.92. The number of hydrogen-bond acceptors (Lipinski definition) is 4. The average Bonchev–Trinajstić information content (AvgIpc) is 2.86. The molecule has 0 radical (unpaired) electrons. The lowest BCUT2D eigenvalue weighted by molar-refractivity contribution is -0.149. The Kier molecular flexibility index (Phi) is 5.76. The zero-order chi connectivity index (χ0) is 15.2. The van der Waals surface area contributed by atoms with Crippen LogP contribution in [0.1, 0.15) is 24.9 Å². The van der Waals surface area contributed by atoms with Crippen molar-refractivity contribution >= 4 is 5.97 Å². The number of nitrogens with zero attached hydrogens (tertiary/aromatic N) is 2. The third-order valence-electron chi connectivity index (χ3n) is 4.10. The van der Waals surface area contributed by atoms with E-state index in [4.69, 9.17) is 4.74 Å². The number of rotatable bonds is 6. The van der Waals surface area contributed by atoms with E-state index in [2.05, 4.69) is 16.8 Å². The van der Waals surface area contributed by atoms with E-state index in [-0.39, 0.29) is 12.0 Å². The molecule has 0 aromatic heterocycles. The highest BCUT2D eigenvalue weighted by Gasteiger charge is 2.29. The van der Waals surface area contributed by atoms with Crippen LogP contribution in [0, 0.1) is 5.92 Å². The predicted octanol–water partition coefficient (Wildman–Crippen LogP) is 2.17. The van der Waals surface area contributed by atoms with Gasteiger partial charge in [0.1, 0.15) is 6.04 Å². The van der Waals surface area contributed by atoms with E-state index in [9.17, 15) is 4.79 Å². The zero-order valence-corrected chi connectivity index (χ0v) is 13.3. The van der Waals surface area contributed by atoms with Gasteiger partial charge in [-0.25, -0.2) is 4.79 Å². The number of hydrogen-bond donors (Lipinski definition) is 0. The van der Waals surface area contributed by atoms with Gasteiger partial charge in [0.2, 0.25) is 0 Å². The highest BCUT2D eigenvalue weighted by atomic mass is 16.5. The fraction of sp³-hybridized carbons (Fsp3) is 0.588. The number of ether oxygens (including phenoxy) is 1. The second-order valence-corrected chi connectivity index (χ2v) is 5.92. The molecule has 0 spiro atoms. The number of benzene rings is 1. The molecule has 1 saturated heterocycles. The molecule has 1 aliphatic heterocycles. The summed E-state index contributed by atoms with van der Waals surface area (Å²) >= 11 is 0. The van der Waals surface area contributed by atoms with E-state index in [0.717, 1.165) is 25.2 Å². The van der Waals surface area contributed by atoms with Crippen LogP contribution in [0.4, 0.5) is 0 Å². The molecule has 1 aromatic rings. The van der Waals surface area contributed by atoms with E-state index in [0.29, 0.717) is 12.5 Å². The third kappa shape index (κ3) is 4.29. The monoisotopic (exact) mass is 290 g/mol. The quantitative estimate of drug-likeness (QED) is 0.752. The third-order valence-corrected chi connectivity index (χ3v) is 4.10. The summed E-state index contributed by atoms with van der Waals surface area (Å²) in [4.78, 5) is 16.8. The fourth-order valence-corrected chi connectivity index (χ4v) is 3.12. The topological polar surface area (TPSA) is 32.8 Å². The van der Waals surface area contributed by atoms with Crippen LogP contribution in [0.3, 0.4) is 0 Å². The van der Waals surface area contributed by atoms with Crippen LogP contribution in [0.5, 0.6) is 0 Å². The molecule has 116 valence electrons. The molecular weight excluding hydrogens is 264 g/mol. The molecule has 2 rings (SSSR count). The van der Waals surface area contributed by atoms with E-state index < -0.39 is 0 Å². The summed E-state index contributed by atoms with van der Waals surface area (Å²) in [5.74, 6) is 0.471. The molecule has 4 heteroatoms. The van der Waals surface area contributed by atoms with Crippen molar-refractivity contribution in [1.82, 2.24) is 9.80 Å². The van der Waals surface area contributed by atoms with Crippen molar-refractivity contribution in [3.8, 4) is 0 Å². The lowest BCUT2D eigenvalue weighted by Crippen LogP contribution is -2.36. The molecule has 4 nitrogen and oxygen atoms in total. The molecule has 1 aliphatic rings. The van der Waals surface area contributed by atoms with Crippen LogP contribution < -0.4 is 0 Å². The Morgan fingerprint density at radius 2 is 2.14 bits per heavy atom. The van der Waals surface area contributed by atoms with Crippen LogP contribution >= 0.6 is 0 Å². The standard InChI is InChI=1S/C17H26N2O2/c1-4-21-17(20)16(15-8-6-5-7-9-15)19(3)13-14-10-11-18(2)12-14/h5-9,14,16H,4,10-13H2,1-3H3. The Hall–Kier alpha value is -1.39. The van der Waals surface area contributed by atoms with E-state index in [1.165, 1.54) is 6.42 Å². The molecule has 1 fully saturated rings. The molecule has 1 heterocycles. The van der Waals surface area contributed by atoms with Gasteiger partial charge < -0.3 is 9.64 Å². The Balaban J connectivity index is 2.09. The van der Waals surface area contributed by atoms with Gasteiger partial charge in [0.05, 0.1) is 6.61 Å². The van der Waals surface area contributed by atoms with Crippen molar-refractivity contribution in [2.75, 3.05) is 40.3 Å². The van der Waals surface area contributed by atoms with Gasteiger partial charge in [-0.15, -0.1) is 0 Å². The van der Waals surface area contributed by atoms with Gasteiger partial charge in [-0.3, -0.25) is 4.90 Å². The van der Waals surface area contributed by atoms with Crippen molar-refractivity contribution in [1.29, 1.82) is 0 Å². The fourth-order valence-electron chi connectivity index (χ4n) is 3.12. The maximum absolute atomic E-state index is 12.3. The lowest BCUT2D eigenvalue weighted by Gasteiger charge is -2.28. The Labute approximate surface area is 127 Å². The normalized spacial score (nSPS) is 20.7. The molecule has 0 saturated carbocycles. The number of likely N-dealkylation sites (N-methyl/N-ethyl adjacent to an activating group) is 1. The summed E-state index contributed by atoms with van der Waals surface area (Å²) in [7, 11) is 4.17. The minimum absolute atomic E-state index is 0.155. The van der Waals surface area contributed by atoms with E-state index in [1.807, 2.05) is 44.3 Å². The SMILES string of the molecule is CCOC(=O)C(c1ccccc1)N(C)CC1CCN(C)C1. The summed E-state index contributed by atoms with van der Waals surface area (Å²) < 4.78 is 5.27. The molecule has 2 unspecified atom stereocenters. The highest BCUT2D eigenvalue weighted by molar-refractivity contribution is 5.77. The molecule has 0 aliphatic carbocycles. The molecule has 2 atom stereocenters. The molecule has 0 N–H and O–H groups in total. The van der Waals surface area contributed by atoms with Crippen molar-refractivity contribution < 1.29 is 9.53 Å². The van der Waals surface area contributed by atoms with Gasteiger partial charge in [0.15, 0.2) is 0 Å². The summed E-state index contributed by atoms with van der Waals surface area (Å²) in [6, 6.07) is 9.60. The maximum Gasteiger partial charge on any atom is 0.327 e. The van der Waals surface area contributed by atoms with Gasteiger partial charge in [0.25, 0.3) is 0 Å². The van der Waals surface area contributed by atoms with Gasteiger partial charge in [-0.2, -0.15) is 0 Å². The first-order valence-electron chi connectivity index (χ1n) is 7.72. The predicted molar refractivity (Wildman–Crippen MR) is 84.1 cm³/mol. The summed E-state index contributed by atoms with van der Waals surface area (Å²) in [5.41, 5.74) is 1.00. The lowest BCUT2D eigenvalue weighted by atomic mass is 10.0. The first-order valence-corrected chi connectivity index (χ1v) is 7.72. The Bertz CT molecular complexity index is 449. The Morgan fingerprint density at radius 1 is 1.43 bits per heavy atom. The number of likely N-dealkylation sites (tertiary alicyclic amines) is 1. The first kappa shape index (κ1) is 16.0. The van der Waals surface area contributed by atoms with Gasteiger partial charge in [0, 0.05) is 13.1 Å². The molecule has 1 aromatic carbocycles. The van der Waals surface area contributed by atoms with E-state index >= 15 is 0 Å². The second kappa shape index (κ2) is 7.57. The Morgan fingerprint density at radius 3 is 2.71 bits per heavy atom. The van der Waals surface area contributed by atoms with Crippen molar-refractivity contribution in [2.45, 2.75) is 19.4 Å². The van der Waals surface area contributed by atoms with Crippen LogP contribution in [0.25, 0.3) is 0 Å². The first-order chi connectivity index (χ1) is 10.1. The van der Waals surface area contributed by atoms with Gasteiger partial charge >= 0.3 is 5.97 Å². The zero-order valence-electron chi connectivity index (χ0n) is 13.3. The smallest absolute Gasteiger partial charge is 0.327 e. The van der Waals surface area contributed by atoms with Crippen LogP contribution in [-0.2, 0) is 9.53 Å². The van der Waals surface area contributed by atoms with Crippen molar-refractivity contribution in [3.05, 3.63) is 35.9 Å². The minimum Gasteiger partial charge on any atom is -0.465 e. The van der Waals surface area contributed by atoms with Crippen LogP contribution in [0.2, 0.25) is 0 Å². The minimum atomic E-state index is -0.308. The van der Waals surface area contributed by atoms with Crippen molar-refractivity contribution in [2.24, 2.45) is 5.92 Å². The summed E-state index contributed by atoms with van der Waals surface area (Å²) in [5, 5.41) is 0. The van der Waals surface area contributed by atoms with Crippen molar-refractivity contribution in [3.63, 3.8) is 0 Å². The largest absolute Gasteiger partial charge is 0.465 e. The highest BCUT2D eigenvalue weighted by Crippen LogP contribution is 2.24. The number of carbonyl (C=O) groups excluding carboxylic acids is 1. The molecular formula is C17H26N2O2. The average molecular weight is 290 g/mol. The van der Waals surface area contributed by atoms with Gasteiger partial charge in [-0.1, -0.05) is 30.3 Å². The number of esters is 1. The van der Waals surface area contributed by atoms with Gasteiger partial charge in [-0.05, 0) is 45.5 Å². The van der Waals surface area contributed by atoms with Crippen LogP contribution in [0.15, 0.2) is 30.3 Å². The van der Waals surface area contributed by atoms with Crippen LogP contribution in [-0.4, -0.2) is 56.1 Å². The molecule has 21 heavy (non-hydrogen) atoms. The maximum atomic E-state index is 12.3.